The van der Waals surface area contributed by atoms with E-state index in [9.17, 15) is 8.42 Å². The molecule has 1 aromatic rings. The summed E-state index contributed by atoms with van der Waals surface area (Å²) in [6.07, 6.45) is 0.636. The van der Waals surface area contributed by atoms with E-state index in [0.29, 0.717) is 17.2 Å². The standard InChI is InChI=1S/C12H14ClNO3S/c13-11-3-5-12(6-4-11)17-8-10-18(15,16)9-2-1-7-14/h3-6H,1-2,8-10H2. The first-order valence-electron chi connectivity index (χ1n) is 5.49. The number of benzene rings is 1. The van der Waals surface area contributed by atoms with E-state index >= 15 is 0 Å². The van der Waals surface area contributed by atoms with E-state index in [2.05, 4.69) is 0 Å². The number of nitriles is 1. The predicted molar refractivity (Wildman–Crippen MR) is 70.4 cm³/mol. The summed E-state index contributed by atoms with van der Waals surface area (Å²) in [5.41, 5.74) is 0. The third-order valence-corrected chi connectivity index (χ3v) is 4.17. The summed E-state index contributed by atoms with van der Waals surface area (Å²) in [6.45, 7) is 0.108. The molecule has 0 N–H and O–H groups in total. The molecule has 1 aromatic carbocycles. The maximum absolute atomic E-state index is 11.5. The fraction of sp³-hybridized carbons (Fsp3) is 0.417. The summed E-state index contributed by atoms with van der Waals surface area (Å²) in [4.78, 5) is 0. The van der Waals surface area contributed by atoms with Crippen LogP contribution in [0, 0.1) is 11.3 Å². The first-order chi connectivity index (χ1) is 8.53. The Bertz CT molecular complexity index is 505. The number of rotatable bonds is 7. The van der Waals surface area contributed by atoms with Crippen molar-refractivity contribution in [1.82, 2.24) is 0 Å². The largest absolute Gasteiger partial charge is 0.493 e. The van der Waals surface area contributed by atoms with E-state index in [1.54, 1.807) is 24.3 Å². The van der Waals surface area contributed by atoms with Crippen LogP contribution in [0.3, 0.4) is 0 Å². The topological polar surface area (TPSA) is 67.2 Å². The average molecular weight is 288 g/mol. The zero-order chi connectivity index (χ0) is 13.4. The summed E-state index contributed by atoms with van der Waals surface area (Å²) in [7, 11) is -3.13. The lowest BCUT2D eigenvalue weighted by molar-refractivity contribution is 0.341. The summed E-state index contributed by atoms with van der Waals surface area (Å²) >= 11 is 5.71. The molecule has 0 bridgehead atoms. The highest BCUT2D eigenvalue weighted by molar-refractivity contribution is 7.91. The van der Waals surface area contributed by atoms with Crippen molar-refractivity contribution in [3.05, 3.63) is 29.3 Å². The van der Waals surface area contributed by atoms with Crippen LogP contribution >= 0.6 is 11.6 Å². The molecule has 98 valence electrons. The van der Waals surface area contributed by atoms with Gasteiger partial charge in [-0.2, -0.15) is 5.26 Å². The van der Waals surface area contributed by atoms with Crippen molar-refractivity contribution in [3.8, 4) is 11.8 Å². The lowest BCUT2D eigenvalue weighted by Gasteiger charge is -2.06. The minimum Gasteiger partial charge on any atom is -0.493 e. The first-order valence-corrected chi connectivity index (χ1v) is 7.69. The molecule has 0 saturated carbocycles. The molecule has 18 heavy (non-hydrogen) atoms. The zero-order valence-electron chi connectivity index (χ0n) is 9.80. The quantitative estimate of drug-likeness (QED) is 0.722. The van der Waals surface area contributed by atoms with E-state index in [-0.39, 0.29) is 24.5 Å². The molecule has 6 heteroatoms. The number of hydrogen-bond acceptors (Lipinski definition) is 4. The summed E-state index contributed by atoms with van der Waals surface area (Å²) in [6, 6.07) is 8.65. The molecule has 0 atom stereocenters. The Labute approximate surface area is 112 Å². The molecular formula is C12H14ClNO3S. The molecule has 4 nitrogen and oxygen atoms in total. The third kappa shape index (κ3) is 5.89. The normalized spacial score (nSPS) is 10.9. The highest BCUT2D eigenvalue weighted by Crippen LogP contribution is 2.15. The van der Waals surface area contributed by atoms with Crippen LogP contribution < -0.4 is 4.74 Å². The van der Waals surface area contributed by atoms with Gasteiger partial charge in [0.1, 0.15) is 12.4 Å². The molecule has 0 aliphatic rings. The van der Waals surface area contributed by atoms with Crippen LogP contribution in [0.1, 0.15) is 12.8 Å². The Kier molecular flexibility index (Phi) is 5.96. The van der Waals surface area contributed by atoms with E-state index in [1.807, 2.05) is 6.07 Å². The van der Waals surface area contributed by atoms with Crippen LogP contribution in [0.4, 0.5) is 0 Å². The first kappa shape index (κ1) is 14.8. The molecule has 1 rings (SSSR count). The van der Waals surface area contributed by atoms with Gasteiger partial charge in [0, 0.05) is 11.4 Å². The molecule has 0 aliphatic carbocycles. The molecule has 0 aliphatic heterocycles. The van der Waals surface area contributed by atoms with Crippen LogP contribution in [-0.2, 0) is 9.84 Å². The van der Waals surface area contributed by atoms with Gasteiger partial charge in [-0.1, -0.05) is 11.6 Å². The Morgan fingerprint density at radius 2 is 1.89 bits per heavy atom. The number of unbranched alkanes of at least 4 members (excludes halogenated alkanes) is 1. The summed E-state index contributed by atoms with van der Waals surface area (Å²) in [5, 5.41) is 8.93. The van der Waals surface area contributed by atoms with Crippen LogP contribution in [0.25, 0.3) is 0 Å². The monoisotopic (exact) mass is 287 g/mol. The van der Waals surface area contributed by atoms with Crippen LogP contribution in [0.15, 0.2) is 24.3 Å². The van der Waals surface area contributed by atoms with Crippen LogP contribution in [0.5, 0.6) is 5.75 Å². The molecular weight excluding hydrogens is 274 g/mol. The fourth-order valence-corrected chi connectivity index (χ4v) is 2.54. The molecule has 0 unspecified atom stereocenters. The summed E-state index contributed by atoms with van der Waals surface area (Å²) in [5.74, 6) is 0.581. The van der Waals surface area contributed by atoms with Crippen LogP contribution in [0.2, 0.25) is 5.02 Å². The third-order valence-electron chi connectivity index (χ3n) is 2.22. The maximum atomic E-state index is 11.5. The second-order valence-electron chi connectivity index (χ2n) is 3.72. The van der Waals surface area contributed by atoms with E-state index in [4.69, 9.17) is 21.6 Å². The number of nitrogens with zero attached hydrogens (tertiary/aromatic N) is 1. The van der Waals surface area contributed by atoms with Gasteiger partial charge in [0.15, 0.2) is 9.84 Å². The lowest BCUT2D eigenvalue weighted by atomic mass is 10.3. The minimum atomic E-state index is -3.13. The van der Waals surface area contributed by atoms with Gasteiger partial charge < -0.3 is 4.74 Å². The number of sulfone groups is 1. The lowest BCUT2D eigenvalue weighted by Crippen LogP contribution is -2.17. The Hall–Kier alpha value is -1.25. The SMILES string of the molecule is N#CCCCS(=O)(=O)CCOc1ccc(Cl)cc1. The van der Waals surface area contributed by atoms with Gasteiger partial charge in [-0.25, -0.2) is 8.42 Å². The van der Waals surface area contributed by atoms with Gasteiger partial charge in [0.2, 0.25) is 0 Å². The fourth-order valence-electron chi connectivity index (χ4n) is 1.29. The van der Waals surface area contributed by atoms with E-state index in [0.717, 1.165) is 0 Å². The molecule has 0 spiro atoms. The predicted octanol–water partition coefficient (Wildman–Crippen LogP) is 2.44. The Morgan fingerprint density at radius 1 is 1.22 bits per heavy atom. The summed E-state index contributed by atoms with van der Waals surface area (Å²) < 4.78 is 28.4. The second-order valence-corrected chi connectivity index (χ2v) is 6.46. The molecule has 0 heterocycles. The number of ether oxygens (including phenoxy) is 1. The zero-order valence-corrected chi connectivity index (χ0v) is 11.4. The van der Waals surface area contributed by atoms with Gasteiger partial charge in [0.25, 0.3) is 0 Å². The van der Waals surface area contributed by atoms with Crippen molar-refractivity contribution < 1.29 is 13.2 Å². The molecule has 0 radical (unpaired) electrons. The highest BCUT2D eigenvalue weighted by Gasteiger charge is 2.10. The maximum Gasteiger partial charge on any atom is 0.153 e. The van der Waals surface area contributed by atoms with Crippen molar-refractivity contribution in [3.63, 3.8) is 0 Å². The van der Waals surface area contributed by atoms with Gasteiger partial charge in [-0.05, 0) is 30.7 Å². The van der Waals surface area contributed by atoms with Gasteiger partial charge in [-0.3, -0.25) is 0 Å². The number of halogens is 1. The van der Waals surface area contributed by atoms with Crippen molar-refractivity contribution >= 4 is 21.4 Å². The van der Waals surface area contributed by atoms with Crippen molar-refractivity contribution in [2.24, 2.45) is 0 Å². The highest BCUT2D eigenvalue weighted by atomic mass is 35.5. The number of hydrogen-bond donors (Lipinski definition) is 0. The Morgan fingerprint density at radius 3 is 2.50 bits per heavy atom. The molecule has 0 amide bonds. The molecule has 0 saturated heterocycles. The van der Waals surface area contributed by atoms with E-state index in [1.165, 1.54) is 0 Å². The smallest absolute Gasteiger partial charge is 0.153 e. The van der Waals surface area contributed by atoms with E-state index < -0.39 is 9.84 Å². The average Bonchev–Trinajstić information content (AvgIpc) is 2.32. The second kappa shape index (κ2) is 7.24. The van der Waals surface area contributed by atoms with Gasteiger partial charge >= 0.3 is 0 Å². The van der Waals surface area contributed by atoms with Gasteiger partial charge in [0.05, 0.1) is 17.6 Å². The van der Waals surface area contributed by atoms with Crippen molar-refractivity contribution in [2.75, 3.05) is 18.1 Å². The van der Waals surface area contributed by atoms with Crippen molar-refractivity contribution in [2.45, 2.75) is 12.8 Å². The van der Waals surface area contributed by atoms with Crippen molar-refractivity contribution in [1.29, 1.82) is 5.26 Å². The Balaban J connectivity index is 2.33. The van der Waals surface area contributed by atoms with Gasteiger partial charge in [-0.15, -0.1) is 0 Å². The minimum absolute atomic E-state index is 0.0323. The van der Waals surface area contributed by atoms with Crippen LogP contribution in [-0.4, -0.2) is 26.5 Å². The molecule has 0 aromatic heterocycles. The molecule has 0 fully saturated rings.